The fourth-order valence-corrected chi connectivity index (χ4v) is 0.246. The molecule has 0 saturated heterocycles. The zero-order chi connectivity index (χ0) is 9.28. The molecule has 0 amide bonds. The lowest BCUT2D eigenvalue weighted by molar-refractivity contribution is -0.140. The molecule has 1 N–H and O–H groups in total. The number of rotatable bonds is 2. The molecule has 3 nitrogen and oxygen atoms in total. The minimum Gasteiger partial charge on any atom is -0.466 e. The van der Waals surface area contributed by atoms with Gasteiger partial charge in [0.25, 0.3) is 0 Å². The quantitative estimate of drug-likeness (QED) is 0.623. The monoisotopic (exact) mass is 162 g/mol. The lowest BCUT2D eigenvalue weighted by Crippen LogP contribution is -1.98. The fourth-order valence-electron chi connectivity index (χ4n) is 0.246. The molecule has 0 bridgehead atoms. The third-order valence-electron chi connectivity index (χ3n) is 0.509. The maximum Gasteiger partial charge on any atom is 0.302 e. The van der Waals surface area contributed by atoms with Gasteiger partial charge in [-0.3, -0.25) is 4.79 Å². The molecule has 0 radical (unpaired) electrons. The predicted molar refractivity (Wildman–Crippen MR) is 44.3 cm³/mol. The molecule has 0 spiro atoms. The standard InChI is InChI=1S/C5H10O2.C3H8O/c1-3-4-7-5(2)6;1-3(2)4/h3-4H2,1-2H3;3-4H,1-2H3. The van der Waals surface area contributed by atoms with Crippen LogP contribution in [0.1, 0.15) is 34.1 Å². The maximum atomic E-state index is 9.98. The van der Waals surface area contributed by atoms with Crippen molar-refractivity contribution in [2.24, 2.45) is 0 Å². The third-order valence-corrected chi connectivity index (χ3v) is 0.509. The second-order valence-electron chi connectivity index (χ2n) is 2.43. The van der Waals surface area contributed by atoms with Gasteiger partial charge in [-0.2, -0.15) is 0 Å². The summed E-state index contributed by atoms with van der Waals surface area (Å²) in [5.74, 6) is -0.193. The summed E-state index contributed by atoms with van der Waals surface area (Å²) in [7, 11) is 0. The van der Waals surface area contributed by atoms with Crippen LogP contribution in [0.3, 0.4) is 0 Å². The van der Waals surface area contributed by atoms with Crippen LogP contribution in [-0.2, 0) is 9.53 Å². The lowest BCUT2D eigenvalue weighted by atomic mass is 10.5. The van der Waals surface area contributed by atoms with E-state index >= 15 is 0 Å². The number of esters is 1. The highest BCUT2D eigenvalue weighted by Gasteiger charge is 1.85. The van der Waals surface area contributed by atoms with E-state index in [0.717, 1.165) is 6.42 Å². The Labute approximate surface area is 68.4 Å². The minimum atomic E-state index is -0.193. The van der Waals surface area contributed by atoms with Crippen molar-refractivity contribution in [1.82, 2.24) is 0 Å². The molecule has 0 saturated carbocycles. The Morgan fingerprint density at radius 1 is 1.55 bits per heavy atom. The lowest BCUT2D eigenvalue weighted by Gasteiger charge is -1.93. The molecule has 0 aliphatic carbocycles. The van der Waals surface area contributed by atoms with Crippen molar-refractivity contribution in [2.75, 3.05) is 6.61 Å². The number of aliphatic hydroxyl groups is 1. The van der Waals surface area contributed by atoms with Gasteiger partial charge in [0.1, 0.15) is 0 Å². The fraction of sp³-hybridized carbons (Fsp3) is 0.875. The van der Waals surface area contributed by atoms with E-state index in [1.807, 2.05) is 6.92 Å². The number of carbonyl (C=O) groups excluding carboxylic acids is 1. The van der Waals surface area contributed by atoms with E-state index in [1.165, 1.54) is 6.92 Å². The maximum absolute atomic E-state index is 9.98. The molecule has 0 rings (SSSR count). The Morgan fingerprint density at radius 3 is 2.00 bits per heavy atom. The molecule has 0 aromatic carbocycles. The summed E-state index contributed by atoms with van der Waals surface area (Å²) in [6, 6.07) is 0. The molecule has 0 fully saturated rings. The first kappa shape index (κ1) is 13.1. The first-order valence-electron chi connectivity index (χ1n) is 3.82. The van der Waals surface area contributed by atoms with E-state index in [9.17, 15) is 4.79 Å². The van der Waals surface area contributed by atoms with Crippen molar-refractivity contribution in [3.8, 4) is 0 Å². The summed E-state index contributed by atoms with van der Waals surface area (Å²) in [5, 5.41) is 8.06. The summed E-state index contributed by atoms with van der Waals surface area (Å²) >= 11 is 0. The highest BCUT2D eigenvalue weighted by molar-refractivity contribution is 5.65. The minimum absolute atomic E-state index is 0.167. The van der Waals surface area contributed by atoms with Crippen LogP contribution in [0.2, 0.25) is 0 Å². The van der Waals surface area contributed by atoms with Gasteiger partial charge in [-0.1, -0.05) is 6.92 Å². The van der Waals surface area contributed by atoms with Gasteiger partial charge < -0.3 is 9.84 Å². The van der Waals surface area contributed by atoms with Crippen molar-refractivity contribution in [2.45, 2.75) is 40.2 Å². The molecule has 11 heavy (non-hydrogen) atoms. The van der Waals surface area contributed by atoms with Crippen molar-refractivity contribution in [3.05, 3.63) is 0 Å². The van der Waals surface area contributed by atoms with Gasteiger partial charge >= 0.3 is 5.97 Å². The van der Waals surface area contributed by atoms with Gasteiger partial charge in [-0.25, -0.2) is 0 Å². The van der Waals surface area contributed by atoms with Crippen molar-refractivity contribution in [1.29, 1.82) is 0 Å². The predicted octanol–water partition coefficient (Wildman–Crippen LogP) is 1.35. The highest BCUT2D eigenvalue weighted by atomic mass is 16.5. The highest BCUT2D eigenvalue weighted by Crippen LogP contribution is 1.78. The van der Waals surface area contributed by atoms with Crippen molar-refractivity contribution in [3.63, 3.8) is 0 Å². The van der Waals surface area contributed by atoms with Crippen LogP contribution in [0, 0.1) is 0 Å². The smallest absolute Gasteiger partial charge is 0.302 e. The Balaban J connectivity index is 0. The van der Waals surface area contributed by atoms with Crippen LogP contribution in [-0.4, -0.2) is 23.8 Å². The van der Waals surface area contributed by atoms with E-state index in [1.54, 1.807) is 13.8 Å². The van der Waals surface area contributed by atoms with Crippen LogP contribution >= 0.6 is 0 Å². The van der Waals surface area contributed by atoms with Gasteiger partial charge in [-0.15, -0.1) is 0 Å². The molecule has 0 aromatic rings. The third kappa shape index (κ3) is 44.2. The Morgan fingerprint density at radius 2 is 1.91 bits per heavy atom. The topological polar surface area (TPSA) is 46.5 Å². The second kappa shape index (κ2) is 9.43. The Hall–Kier alpha value is -0.570. The summed E-state index contributed by atoms with van der Waals surface area (Å²) < 4.78 is 4.55. The first-order chi connectivity index (χ1) is 5.00. The van der Waals surface area contributed by atoms with Crippen LogP contribution in [0.4, 0.5) is 0 Å². The number of carbonyl (C=O) groups is 1. The van der Waals surface area contributed by atoms with E-state index < -0.39 is 0 Å². The molecule has 0 aliphatic rings. The number of hydrogen-bond acceptors (Lipinski definition) is 3. The summed E-state index contributed by atoms with van der Waals surface area (Å²) in [5.41, 5.74) is 0. The molecule has 0 unspecified atom stereocenters. The zero-order valence-electron chi connectivity index (χ0n) is 7.76. The average molecular weight is 162 g/mol. The van der Waals surface area contributed by atoms with Gasteiger partial charge in [-0.05, 0) is 20.3 Å². The number of hydrogen-bond donors (Lipinski definition) is 1. The van der Waals surface area contributed by atoms with Gasteiger partial charge in [0.15, 0.2) is 0 Å². The number of ether oxygens (including phenoxy) is 1. The molecular formula is C8H18O3. The molecular weight excluding hydrogens is 144 g/mol. The van der Waals surface area contributed by atoms with Crippen molar-refractivity contribution >= 4 is 5.97 Å². The van der Waals surface area contributed by atoms with Crippen molar-refractivity contribution < 1.29 is 14.6 Å². The van der Waals surface area contributed by atoms with Gasteiger partial charge in [0, 0.05) is 13.0 Å². The normalized spacial score (nSPS) is 8.55. The molecule has 3 heteroatoms. The zero-order valence-corrected chi connectivity index (χ0v) is 7.76. The van der Waals surface area contributed by atoms with Gasteiger partial charge in [0.05, 0.1) is 6.61 Å². The van der Waals surface area contributed by atoms with E-state index in [4.69, 9.17) is 5.11 Å². The second-order valence-corrected chi connectivity index (χ2v) is 2.43. The largest absolute Gasteiger partial charge is 0.466 e. The van der Waals surface area contributed by atoms with Crippen LogP contribution < -0.4 is 0 Å². The van der Waals surface area contributed by atoms with E-state index in [2.05, 4.69) is 4.74 Å². The SMILES string of the molecule is CC(C)O.CCCOC(C)=O. The van der Waals surface area contributed by atoms with Crippen LogP contribution in [0.15, 0.2) is 0 Å². The van der Waals surface area contributed by atoms with E-state index in [0.29, 0.717) is 6.61 Å². The summed E-state index contributed by atoms with van der Waals surface area (Å²) in [6.07, 6.45) is 0.736. The average Bonchev–Trinajstić information content (AvgIpc) is 1.82. The molecule has 0 aliphatic heterocycles. The number of aliphatic hydroxyl groups excluding tert-OH is 1. The summed E-state index contributed by atoms with van der Waals surface area (Å²) in [4.78, 5) is 9.98. The summed E-state index contributed by atoms with van der Waals surface area (Å²) in [6.45, 7) is 7.37. The van der Waals surface area contributed by atoms with Gasteiger partial charge in [0.2, 0.25) is 0 Å². The van der Waals surface area contributed by atoms with Crippen LogP contribution in [0.5, 0.6) is 0 Å². The molecule has 0 atom stereocenters. The molecule has 0 aromatic heterocycles. The molecule has 68 valence electrons. The Kier molecular flexibility index (Phi) is 11.2. The van der Waals surface area contributed by atoms with E-state index in [-0.39, 0.29) is 12.1 Å². The first-order valence-corrected chi connectivity index (χ1v) is 3.82. The Bertz CT molecular complexity index is 86.6. The molecule has 0 heterocycles. The van der Waals surface area contributed by atoms with Crippen LogP contribution in [0.25, 0.3) is 0 Å².